The zero-order valence-corrected chi connectivity index (χ0v) is 10.3. The van der Waals surface area contributed by atoms with E-state index in [1.165, 1.54) is 6.33 Å². The van der Waals surface area contributed by atoms with Crippen molar-refractivity contribution in [3.05, 3.63) is 48.5 Å². The van der Waals surface area contributed by atoms with Crippen molar-refractivity contribution in [3.63, 3.8) is 0 Å². The lowest BCUT2D eigenvalue weighted by Crippen LogP contribution is -2.27. The Morgan fingerprint density at radius 3 is 2.37 bits per heavy atom. The Balaban J connectivity index is 1.81. The predicted molar refractivity (Wildman–Crippen MR) is 72.4 cm³/mol. The summed E-state index contributed by atoms with van der Waals surface area (Å²) >= 11 is 0. The molecule has 0 aliphatic heterocycles. The number of nitrogens with two attached hydrogens (primary N) is 1. The molecule has 0 atom stereocenters. The highest BCUT2D eigenvalue weighted by Crippen LogP contribution is 2.49. The molecule has 2 aromatic rings. The summed E-state index contributed by atoms with van der Waals surface area (Å²) in [6.45, 7) is 0. The number of anilines is 2. The van der Waals surface area contributed by atoms with E-state index in [0.717, 1.165) is 18.4 Å². The van der Waals surface area contributed by atoms with Crippen LogP contribution in [0.2, 0.25) is 0 Å². The third kappa shape index (κ3) is 2.14. The summed E-state index contributed by atoms with van der Waals surface area (Å²) in [6.07, 6.45) is 6.32. The van der Waals surface area contributed by atoms with Crippen molar-refractivity contribution in [1.29, 1.82) is 0 Å². The molecule has 3 rings (SSSR count). The molecular formula is C14H14N4O. The average Bonchev–Trinajstić information content (AvgIpc) is 3.22. The first kappa shape index (κ1) is 11.6. The first-order valence-corrected chi connectivity index (χ1v) is 6.13. The number of carbonyl (C=O) groups is 1. The van der Waals surface area contributed by atoms with Crippen LogP contribution in [0.25, 0.3) is 0 Å². The molecule has 1 fully saturated rings. The summed E-state index contributed by atoms with van der Waals surface area (Å²) in [6, 6.07) is 7.50. The third-order valence-corrected chi connectivity index (χ3v) is 3.47. The van der Waals surface area contributed by atoms with Gasteiger partial charge in [0.05, 0.1) is 23.5 Å². The second kappa shape index (κ2) is 4.35. The average molecular weight is 254 g/mol. The van der Waals surface area contributed by atoms with Crippen molar-refractivity contribution < 1.29 is 4.79 Å². The molecular weight excluding hydrogens is 240 g/mol. The van der Waals surface area contributed by atoms with Crippen LogP contribution >= 0.6 is 0 Å². The van der Waals surface area contributed by atoms with Gasteiger partial charge in [-0.2, -0.15) is 0 Å². The number of aromatic nitrogens is 2. The van der Waals surface area contributed by atoms with Crippen LogP contribution in [0, 0.1) is 0 Å². The molecule has 1 aromatic carbocycles. The summed E-state index contributed by atoms with van der Waals surface area (Å²) < 4.78 is 0. The SMILES string of the molecule is Nc1ccc(C2(C(=O)Nc3cncnc3)CC2)cc1. The Labute approximate surface area is 110 Å². The first-order chi connectivity index (χ1) is 9.21. The predicted octanol–water partition coefficient (Wildman–Crippen LogP) is 1.73. The molecule has 1 aliphatic rings. The van der Waals surface area contributed by atoms with Crippen molar-refractivity contribution in [2.75, 3.05) is 11.1 Å². The van der Waals surface area contributed by atoms with Crippen LogP contribution in [0.1, 0.15) is 18.4 Å². The third-order valence-electron chi connectivity index (χ3n) is 3.47. The van der Waals surface area contributed by atoms with Gasteiger partial charge < -0.3 is 11.1 Å². The molecule has 0 saturated heterocycles. The van der Waals surface area contributed by atoms with E-state index in [9.17, 15) is 4.79 Å². The second-order valence-electron chi connectivity index (χ2n) is 4.79. The van der Waals surface area contributed by atoms with Gasteiger partial charge in [0.25, 0.3) is 0 Å². The molecule has 5 nitrogen and oxygen atoms in total. The van der Waals surface area contributed by atoms with Gasteiger partial charge in [-0.25, -0.2) is 9.97 Å². The zero-order valence-electron chi connectivity index (χ0n) is 10.3. The normalized spacial score (nSPS) is 15.8. The molecule has 1 aliphatic carbocycles. The van der Waals surface area contributed by atoms with E-state index in [1.807, 2.05) is 24.3 Å². The second-order valence-corrected chi connectivity index (χ2v) is 4.79. The number of rotatable bonds is 3. The highest BCUT2D eigenvalue weighted by molar-refractivity contribution is 6.01. The summed E-state index contributed by atoms with van der Waals surface area (Å²) in [5.74, 6) is -0.00734. The minimum absolute atomic E-state index is 0.00734. The van der Waals surface area contributed by atoms with Gasteiger partial charge in [0, 0.05) is 5.69 Å². The van der Waals surface area contributed by atoms with Crippen LogP contribution in [0.3, 0.4) is 0 Å². The number of nitrogens with zero attached hydrogens (tertiary/aromatic N) is 2. The van der Waals surface area contributed by atoms with Crippen molar-refractivity contribution >= 4 is 17.3 Å². The van der Waals surface area contributed by atoms with E-state index < -0.39 is 5.41 Å². The maximum atomic E-state index is 12.4. The van der Waals surface area contributed by atoms with E-state index in [0.29, 0.717) is 11.4 Å². The van der Waals surface area contributed by atoms with Crippen LogP contribution in [-0.4, -0.2) is 15.9 Å². The molecule has 5 heteroatoms. The Bertz CT molecular complexity index is 591. The Morgan fingerprint density at radius 1 is 1.16 bits per heavy atom. The minimum atomic E-state index is -0.413. The van der Waals surface area contributed by atoms with Gasteiger partial charge in [-0.1, -0.05) is 12.1 Å². The van der Waals surface area contributed by atoms with Gasteiger partial charge in [-0.15, -0.1) is 0 Å². The van der Waals surface area contributed by atoms with Crippen LogP contribution in [-0.2, 0) is 10.2 Å². The molecule has 0 radical (unpaired) electrons. The van der Waals surface area contributed by atoms with E-state index >= 15 is 0 Å². The quantitative estimate of drug-likeness (QED) is 0.817. The van der Waals surface area contributed by atoms with Gasteiger partial charge in [0.2, 0.25) is 5.91 Å². The van der Waals surface area contributed by atoms with Crippen LogP contribution in [0.4, 0.5) is 11.4 Å². The van der Waals surface area contributed by atoms with Crippen LogP contribution in [0.5, 0.6) is 0 Å². The van der Waals surface area contributed by atoms with Gasteiger partial charge in [-0.3, -0.25) is 4.79 Å². The number of nitrogens with one attached hydrogen (secondary N) is 1. The van der Waals surface area contributed by atoms with Crippen molar-refractivity contribution in [2.24, 2.45) is 0 Å². The Hall–Kier alpha value is -2.43. The fraction of sp³-hybridized carbons (Fsp3) is 0.214. The molecule has 1 aromatic heterocycles. The maximum Gasteiger partial charge on any atom is 0.235 e. The summed E-state index contributed by atoms with van der Waals surface area (Å²) in [5, 5.41) is 2.86. The molecule has 3 N–H and O–H groups in total. The van der Waals surface area contributed by atoms with E-state index in [-0.39, 0.29) is 5.91 Å². The first-order valence-electron chi connectivity index (χ1n) is 6.13. The van der Waals surface area contributed by atoms with Gasteiger partial charge >= 0.3 is 0 Å². The van der Waals surface area contributed by atoms with Gasteiger partial charge in [0.1, 0.15) is 6.33 Å². The van der Waals surface area contributed by atoms with E-state index in [1.54, 1.807) is 12.4 Å². The lowest BCUT2D eigenvalue weighted by atomic mass is 9.94. The number of benzene rings is 1. The van der Waals surface area contributed by atoms with Crippen molar-refractivity contribution in [1.82, 2.24) is 9.97 Å². The monoisotopic (exact) mass is 254 g/mol. The van der Waals surface area contributed by atoms with Crippen molar-refractivity contribution in [3.8, 4) is 0 Å². The lowest BCUT2D eigenvalue weighted by molar-refractivity contribution is -0.118. The highest BCUT2D eigenvalue weighted by Gasteiger charge is 2.51. The molecule has 0 bridgehead atoms. The summed E-state index contributed by atoms with van der Waals surface area (Å²) in [5.41, 5.74) is 7.59. The van der Waals surface area contributed by atoms with Crippen LogP contribution < -0.4 is 11.1 Å². The van der Waals surface area contributed by atoms with Gasteiger partial charge in [-0.05, 0) is 30.5 Å². The molecule has 0 spiro atoms. The minimum Gasteiger partial charge on any atom is -0.399 e. The number of hydrogen-bond donors (Lipinski definition) is 2. The number of amides is 1. The Morgan fingerprint density at radius 2 is 1.79 bits per heavy atom. The van der Waals surface area contributed by atoms with Crippen molar-refractivity contribution in [2.45, 2.75) is 18.3 Å². The van der Waals surface area contributed by atoms with E-state index in [2.05, 4.69) is 15.3 Å². The molecule has 96 valence electrons. The number of hydrogen-bond acceptors (Lipinski definition) is 4. The molecule has 1 amide bonds. The highest BCUT2D eigenvalue weighted by atomic mass is 16.2. The fourth-order valence-corrected chi connectivity index (χ4v) is 2.19. The molecule has 19 heavy (non-hydrogen) atoms. The zero-order chi connectivity index (χ0) is 13.3. The standard InChI is InChI=1S/C14H14N4O/c15-11-3-1-10(2-4-11)14(5-6-14)13(19)18-12-7-16-9-17-8-12/h1-4,7-9H,5-6,15H2,(H,18,19). The molecule has 1 saturated carbocycles. The number of carbonyl (C=O) groups excluding carboxylic acids is 1. The molecule has 0 unspecified atom stereocenters. The summed E-state index contributed by atoms with van der Waals surface area (Å²) in [4.78, 5) is 20.1. The lowest BCUT2D eigenvalue weighted by Gasteiger charge is -2.15. The van der Waals surface area contributed by atoms with Crippen LogP contribution in [0.15, 0.2) is 43.0 Å². The number of nitrogen functional groups attached to an aromatic ring is 1. The van der Waals surface area contributed by atoms with E-state index in [4.69, 9.17) is 5.73 Å². The summed E-state index contributed by atoms with van der Waals surface area (Å²) in [7, 11) is 0. The van der Waals surface area contributed by atoms with Gasteiger partial charge in [0.15, 0.2) is 0 Å². The fourth-order valence-electron chi connectivity index (χ4n) is 2.19. The largest absolute Gasteiger partial charge is 0.399 e. The topological polar surface area (TPSA) is 80.9 Å². The Kier molecular flexibility index (Phi) is 2.67. The molecule has 1 heterocycles. The smallest absolute Gasteiger partial charge is 0.235 e. The maximum absolute atomic E-state index is 12.4.